The van der Waals surface area contributed by atoms with Crippen molar-refractivity contribution in [3.63, 3.8) is 0 Å². The maximum atomic E-state index is 9.74. The minimum Gasteiger partial charge on any atom is -0.508 e. The Bertz CT molecular complexity index is 1060. The average molecular weight is 439 g/mol. The van der Waals surface area contributed by atoms with E-state index in [9.17, 15) is 5.11 Å². The summed E-state index contributed by atoms with van der Waals surface area (Å²) in [6.45, 7) is 3.09. The molecule has 1 fully saturated rings. The minimum absolute atomic E-state index is 0.0661. The van der Waals surface area contributed by atoms with Crippen LogP contribution in [0.5, 0.6) is 5.75 Å². The summed E-state index contributed by atoms with van der Waals surface area (Å²) < 4.78 is 0. The first kappa shape index (κ1) is 20.5. The van der Waals surface area contributed by atoms with Crippen molar-refractivity contribution in [3.8, 4) is 11.8 Å². The maximum Gasteiger partial charge on any atom is 0.117 e. The van der Waals surface area contributed by atoms with Crippen LogP contribution in [-0.4, -0.2) is 34.6 Å². The summed E-state index contributed by atoms with van der Waals surface area (Å²) in [5, 5.41) is 19.9. The highest BCUT2D eigenvalue weighted by Gasteiger charge is 2.30. The van der Waals surface area contributed by atoms with Crippen molar-refractivity contribution in [1.29, 1.82) is 5.26 Å². The molecule has 3 aromatic rings. The molecule has 152 valence electrons. The Morgan fingerprint density at radius 2 is 1.87 bits per heavy atom. The molecule has 30 heavy (non-hydrogen) atoms. The van der Waals surface area contributed by atoms with Crippen molar-refractivity contribution in [2.45, 2.75) is 12.6 Å². The third-order valence-corrected chi connectivity index (χ3v) is 5.85. The number of hydrogen-bond acceptors (Lipinski definition) is 5. The third-order valence-electron chi connectivity index (χ3n) is 5.30. The largest absolute Gasteiger partial charge is 0.508 e. The van der Waals surface area contributed by atoms with E-state index in [0.29, 0.717) is 22.2 Å². The van der Waals surface area contributed by atoms with Gasteiger partial charge in [0, 0.05) is 43.5 Å². The van der Waals surface area contributed by atoms with Gasteiger partial charge in [0.15, 0.2) is 0 Å². The van der Waals surface area contributed by atoms with Crippen LogP contribution in [0.3, 0.4) is 0 Å². The molecule has 0 amide bonds. The van der Waals surface area contributed by atoms with Gasteiger partial charge in [-0.1, -0.05) is 35.3 Å². The molecular weight excluding hydrogens is 419 g/mol. The quantitative estimate of drug-likeness (QED) is 0.618. The lowest BCUT2D eigenvalue weighted by atomic mass is 10.0. The van der Waals surface area contributed by atoms with E-state index >= 15 is 0 Å². The van der Waals surface area contributed by atoms with Crippen LogP contribution in [0.4, 0.5) is 5.69 Å². The number of piperazine rings is 1. The lowest BCUT2D eigenvalue weighted by molar-refractivity contribution is 0.213. The molecule has 1 saturated heterocycles. The monoisotopic (exact) mass is 438 g/mol. The van der Waals surface area contributed by atoms with Crippen molar-refractivity contribution in [2.75, 3.05) is 24.5 Å². The molecule has 0 radical (unpaired) electrons. The second kappa shape index (κ2) is 8.93. The number of pyridine rings is 1. The molecule has 1 N–H and O–H groups in total. The van der Waals surface area contributed by atoms with Gasteiger partial charge in [-0.3, -0.25) is 9.88 Å². The van der Waals surface area contributed by atoms with Crippen LogP contribution in [0.2, 0.25) is 10.0 Å². The molecule has 1 aliphatic rings. The minimum atomic E-state index is 0.0661. The molecule has 7 heteroatoms. The zero-order valence-corrected chi connectivity index (χ0v) is 17.7. The first-order chi connectivity index (χ1) is 14.5. The van der Waals surface area contributed by atoms with Gasteiger partial charge in [-0.25, -0.2) is 0 Å². The number of anilines is 1. The van der Waals surface area contributed by atoms with E-state index in [1.807, 2.05) is 36.4 Å². The molecular formula is C23H20Cl2N4O. The van der Waals surface area contributed by atoms with Crippen LogP contribution < -0.4 is 4.90 Å². The molecule has 4 rings (SSSR count). The number of benzene rings is 2. The fraction of sp³-hybridized carbons (Fsp3) is 0.217. The standard InChI is InChI=1S/C23H20Cl2N4O/c24-18-4-2-17(3-5-18)23-15-28(14-19-6-1-16(12-26)13-27-19)9-10-29(23)22-8-7-20(30)11-21(22)25/h1-8,11,13,23,30H,9-10,14-15H2/t23-/m0/s1. The van der Waals surface area contributed by atoms with Crippen molar-refractivity contribution >= 4 is 28.9 Å². The number of nitriles is 1. The van der Waals surface area contributed by atoms with Crippen molar-refractivity contribution in [2.24, 2.45) is 0 Å². The lowest BCUT2D eigenvalue weighted by Gasteiger charge is -2.43. The van der Waals surface area contributed by atoms with Crippen LogP contribution >= 0.6 is 23.2 Å². The van der Waals surface area contributed by atoms with Gasteiger partial charge in [0.25, 0.3) is 0 Å². The highest BCUT2D eigenvalue weighted by Crippen LogP contribution is 2.37. The summed E-state index contributed by atoms with van der Waals surface area (Å²) >= 11 is 12.6. The molecule has 0 saturated carbocycles. The van der Waals surface area contributed by atoms with Crippen LogP contribution in [0, 0.1) is 11.3 Å². The third kappa shape index (κ3) is 4.52. The van der Waals surface area contributed by atoms with Gasteiger partial charge in [0.2, 0.25) is 0 Å². The van der Waals surface area contributed by atoms with Gasteiger partial charge in [-0.05, 0) is 42.0 Å². The number of aromatic hydroxyl groups is 1. The second-order valence-electron chi connectivity index (χ2n) is 7.28. The number of halogens is 2. The normalized spacial score (nSPS) is 17.0. The molecule has 2 heterocycles. The van der Waals surface area contributed by atoms with Crippen LogP contribution in [0.15, 0.2) is 60.8 Å². The number of hydrogen-bond donors (Lipinski definition) is 1. The molecule has 2 aromatic carbocycles. The Hall–Kier alpha value is -2.78. The summed E-state index contributed by atoms with van der Waals surface area (Å²) in [6, 6.07) is 18.8. The van der Waals surface area contributed by atoms with E-state index in [0.717, 1.165) is 36.6 Å². The van der Waals surface area contributed by atoms with Gasteiger partial charge in [0.1, 0.15) is 11.8 Å². The van der Waals surface area contributed by atoms with E-state index in [-0.39, 0.29) is 11.8 Å². The maximum absolute atomic E-state index is 9.74. The number of phenols is 1. The highest BCUT2D eigenvalue weighted by atomic mass is 35.5. The molecule has 0 spiro atoms. The van der Waals surface area contributed by atoms with Crippen molar-refractivity contribution < 1.29 is 5.11 Å². The highest BCUT2D eigenvalue weighted by molar-refractivity contribution is 6.33. The van der Waals surface area contributed by atoms with E-state index in [2.05, 4.69) is 20.9 Å². The summed E-state index contributed by atoms with van der Waals surface area (Å²) in [4.78, 5) is 9.03. The summed E-state index contributed by atoms with van der Waals surface area (Å²) in [7, 11) is 0. The molecule has 1 aliphatic heterocycles. The van der Waals surface area contributed by atoms with E-state index in [4.69, 9.17) is 28.5 Å². The zero-order valence-electron chi connectivity index (χ0n) is 16.2. The Morgan fingerprint density at radius 1 is 1.07 bits per heavy atom. The summed E-state index contributed by atoms with van der Waals surface area (Å²) in [5.74, 6) is 0.150. The van der Waals surface area contributed by atoms with Gasteiger partial charge in [-0.2, -0.15) is 5.26 Å². The molecule has 0 bridgehead atoms. The van der Waals surface area contributed by atoms with Gasteiger partial charge in [-0.15, -0.1) is 0 Å². The fourth-order valence-electron chi connectivity index (χ4n) is 3.78. The summed E-state index contributed by atoms with van der Waals surface area (Å²) in [5.41, 5.74) is 3.52. The average Bonchev–Trinajstić information content (AvgIpc) is 2.75. The van der Waals surface area contributed by atoms with Crippen LogP contribution in [0.25, 0.3) is 0 Å². The van der Waals surface area contributed by atoms with Gasteiger partial charge in [0.05, 0.1) is 28.0 Å². The number of aromatic nitrogens is 1. The molecule has 0 aliphatic carbocycles. The first-order valence-electron chi connectivity index (χ1n) is 9.61. The van der Waals surface area contributed by atoms with E-state index in [1.54, 1.807) is 24.4 Å². The predicted molar refractivity (Wildman–Crippen MR) is 119 cm³/mol. The SMILES string of the molecule is N#Cc1ccc(CN2CCN(c3ccc(O)cc3Cl)[C@H](c3ccc(Cl)cc3)C2)nc1. The Morgan fingerprint density at radius 3 is 2.53 bits per heavy atom. The van der Waals surface area contributed by atoms with Gasteiger partial charge < -0.3 is 10.0 Å². The van der Waals surface area contributed by atoms with Crippen molar-refractivity contribution in [3.05, 3.63) is 87.7 Å². The fourth-order valence-corrected chi connectivity index (χ4v) is 4.19. The van der Waals surface area contributed by atoms with Gasteiger partial charge >= 0.3 is 0 Å². The lowest BCUT2D eigenvalue weighted by Crippen LogP contribution is -2.48. The van der Waals surface area contributed by atoms with Crippen molar-refractivity contribution in [1.82, 2.24) is 9.88 Å². The Balaban J connectivity index is 1.60. The topological polar surface area (TPSA) is 63.4 Å². The van der Waals surface area contributed by atoms with E-state index < -0.39 is 0 Å². The Labute approximate surface area is 185 Å². The van der Waals surface area contributed by atoms with Crippen LogP contribution in [0.1, 0.15) is 22.9 Å². The Kier molecular flexibility index (Phi) is 6.10. The second-order valence-corrected chi connectivity index (χ2v) is 8.13. The molecule has 1 aromatic heterocycles. The molecule has 5 nitrogen and oxygen atoms in total. The molecule has 0 unspecified atom stereocenters. The van der Waals surface area contributed by atoms with E-state index in [1.165, 1.54) is 0 Å². The number of nitrogens with zero attached hydrogens (tertiary/aromatic N) is 4. The molecule has 1 atom stereocenters. The zero-order chi connectivity index (χ0) is 21.1. The van der Waals surface area contributed by atoms with Crippen LogP contribution in [-0.2, 0) is 6.54 Å². The number of phenolic OH excluding ortho intramolecular Hbond substituents is 1. The first-order valence-corrected chi connectivity index (χ1v) is 10.4. The summed E-state index contributed by atoms with van der Waals surface area (Å²) in [6.07, 6.45) is 1.61. The number of rotatable bonds is 4. The smallest absolute Gasteiger partial charge is 0.117 e. The predicted octanol–water partition coefficient (Wildman–Crippen LogP) is 5.03.